The minimum absolute atomic E-state index is 0. The summed E-state index contributed by atoms with van der Waals surface area (Å²) in [6.07, 6.45) is 0. The van der Waals surface area contributed by atoms with Crippen molar-refractivity contribution in [2.75, 3.05) is 0 Å². The molecule has 0 aliphatic carbocycles. The molecule has 0 unspecified atom stereocenters. The fourth-order valence-electron chi connectivity index (χ4n) is 4.24. The molecule has 146 valence electrons. The molecule has 1 heteroatoms. The molecular formula is C29H24Hf-2. The van der Waals surface area contributed by atoms with E-state index < -0.39 is 0 Å². The van der Waals surface area contributed by atoms with Gasteiger partial charge in [-0.15, -0.1) is 79.5 Å². The van der Waals surface area contributed by atoms with Gasteiger partial charge in [-0.25, -0.2) is 0 Å². The summed E-state index contributed by atoms with van der Waals surface area (Å²) < 4.78 is 0. The summed E-state index contributed by atoms with van der Waals surface area (Å²) >= 11 is 0. The van der Waals surface area contributed by atoms with E-state index in [9.17, 15) is 0 Å². The van der Waals surface area contributed by atoms with E-state index in [-0.39, 0.29) is 25.8 Å². The molecule has 30 heavy (non-hydrogen) atoms. The van der Waals surface area contributed by atoms with E-state index in [1.54, 1.807) is 0 Å². The van der Waals surface area contributed by atoms with Gasteiger partial charge in [0.05, 0.1) is 0 Å². The first-order chi connectivity index (χ1) is 14.2. The van der Waals surface area contributed by atoms with Crippen LogP contribution in [0.1, 0.15) is 25.3 Å². The van der Waals surface area contributed by atoms with Gasteiger partial charge in [-0.3, -0.25) is 0 Å². The van der Waals surface area contributed by atoms with Crippen LogP contribution < -0.4 is 0 Å². The maximum atomic E-state index is 2.32. The second-order valence-electron chi connectivity index (χ2n) is 8.05. The SMILES string of the molecule is CC(C)c1ccc2c(c1)[cH-]c1ccccc12.[Hf].c1ccc2c(c1)[cH-]c1ccccc12. The number of hydrogen-bond acceptors (Lipinski definition) is 0. The molecule has 0 heterocycles. The third-order valence-electron chi connectivity index (χ3n) is 5.83. The van der Waals surface area contributed by atoms with Crippen molar-refractivity contribution >= 4 is 43.1 Å². The van der Waals surface area contributed by atoms with Crippen molar-refractivity contribution in [3.05, 3.63) is 109 Å². The molecule has 6 aromatic rings. The van der Waals surface area contributed by atoms with Crippen molar-refractivity contribution < 1.29 is 25.8 Å². The molecule has 0 saturated heterocycles. The maximum absolute atomic E-state index is 2.32. The van der Waals surface area contributed by atoms with E-state index in [2.05, 4.69) is 117 Å². The quantitative estimate of drug-likeness (QED) is 0.142. The van der Waals surface area contributed by atoms with Gasteiger partial charge in [0.25, 0.3) is 0 Å². The fourth-order valence-corrected chi connectivity index (χ4v) is 4.24. The molecule has 0 nitrogen and oxygen atoms in total. The van der Waals surface area contributed by atoms with E-state index in [1.165, 1.54) is 48.7 Å². The standard InChI is InChI=1S/C16H15.C13H9.Hf/c1-11(2)12-7-8-16-14(9-12)10-13-5-3-4-6-15(13)16;1-3-7-12-10(5-1)9-11-6-2-4-8-13(11)12;/h3-11H,1-2H3;1-9H;/q2*-1;. The molecular weight excluding hydrogens is 527 g/mol. The summed E-state index contributed by atoms with van der Waals surface area (Å²) in [7, 11) is 0. The molecule has 0 fully saturated rings. The normalized spacial score (nSPS) is 11.0. The van der Waals surface area contributed by atoms with Crippen LogP contribution in [0.2, 0.25) is 0 Å². The van der Waals surface area contributed by atoms with Crippen LogP contribution in [-0.2, 0) is 25.8 Å². The Bertz CT molecular complexity index is 1380. The van der Waals surface area contributed by atoms with Crippen LogP contribution >= 0.6 is 0 Å². The fraction of sp³-hybridized carbons (Fsp3) is 0.103. The number of rotatable bonds is 1. The predicted octanol–water partition coefficient (Wildman–Crippen LogP) is 8.54. The molecule has 0 N–H and O–H groups in total. The van der Waals surface area contributed by atoms with E-state index >= 15 is 0 Å². The molecule has 0 atom stereocenters. The Morgan fingerprint density at radius 3 is 1.37 bits per heavy atom. The zero-order chi connectivity index (χ0) is 19.8. The van der Waals surface area contributed by atoms with E-state index in [0.29, 0.717) is 5.92 Å². The Balaban J connectivity index is 0.000000143. The van der Waals surface area contributed by atoms with Gasteiger partial charge in [-0.2, -0.15) is 0 Å². The number of fused-ring (bicyclic) bond motifs is 6. The van der Waals surface area contributed by atoms with Crippen molar-refractivity contribution in [1.29, 1.82) is 0 Å². The summed E-state index contributed by atoms with van der Waals surface area (Å²) in [4.78, 5) is 0. The molecule has 0 saturated carbocycles. The first kappa shape index (κ1) is 20.8. The third-order valence-corrected chi connectivity index (χ3v) is 5.83. The van der Waals surface area contributed by atoms with Gasteiger partial charge in [0, 0.05) is 25.8 Å². The largest absolute Gasteiger partial charge is 0.126 e. The molecule has 0 aliphatic rings. The Morgan fingerprint density at radius 2 is 0.900 bits per heavy atom. The van der Waals surface area contributed by atoms with Crippen LogP contribution in [0, 0.1) is 0 Å². The topological polar surface area (TPSA) is 0 Å². The van der Waals surface area contributed by atoms with Gasteiger partial charge in [0.2, 0.25) is 0 Å². The van der Waals surface area contributed by atoms with Gasteiger partial charge in [0.15, 0.2) is 0 Å². The molecule has 0 aromatic heterocycles. The summed E-state index contributed by atoms with van der Waals surface area (Å²) in [5.74, 6) is 0.599. The smallest absolute Gasteiger partial charge is 0 e. The van der Waals surface area contributed by atoms with Crippen LogP contribution in [0.5, 0.6) is 0 Å². The first-order valence-corrected chi connectivity index (χ1v) is 10.3. The second kappa shape index (κ2) is 8.70. The van der Waals surface area contributed by atoms with E-state index in [4.69, 9.17) is 0 Å². The second-order valence-corrected chi connectivity index (χ2v) is 8.05. The molecule has 0 radical (unpaired) electrons. The van der Waals surface area contributed by atoms with Crippen LogP contribution in [0.15, 0.2) is 103 Å². The van der Waals surface area contributed by atoms with Crippen molar-refractivity contribution in [2.24, 2.45) is 0 Å². The van der Waals surface area contributed by atoms with Crippen LogP contribution in [0.4, 0.5) is 0 Å². The zero-order valence-corrected chi connectivity index (χ0v) is 21.0. The monoisotopic (exact) mass is 552 g/mol. The van der Waals surface area contributed by atoms with E-state index in [1.807, 2.05) is 0 Å². The summed E-state index contributed by atoms with van der Waals surface area (Å²) in [6.45, 7) is 4.48. The van der Waals surface area contributed by atoms with Crippen molar-refractivity contribution in [2.45, 2.75) is 19.8 Å². The average Bonchev–Trinajstić information content (AvgIpc) is 3.32. The van der Waals surface area contributed by atoms with Gasteiger partial charge >= 0.3 is 0 Å². The van der Waals surface area contributed by atoms with Crippen LogP contribution in [-0.4, -0.2) is 0 Å². The molecule has 6 rings (SSSR count). The zero-order valence-electron chi connectivity index (χ0n) is 17.4. The average molecular weight is 551 g/mol. The Kier molecular flexibility index (Phi) is 6.01. The molecule has 6 aromatic carbocycles. The molecule has 0 aliphatic heterocycles. The van der Waals surface area contributed by atoms with Gasteiger partial charge in [-0.1, -0.05) is 86.1 Å². The molecule has 0 spiro atoms. The first-order valence-electron chi connectivity index (χ1n) is 10.3. The van der Waals surface area contributed by atoms with Gasteiger partial charge in [-0.05, 0) is 5.92 Å². The van der Waals surface area contributed by atoms with Crippen molar-refractivity contribution in [3.63, 3.8) is 0 Å². The van der Waals surface area contributed by atoms with Crippen molar-refractivity contribution in [1.82, 2.24) is 0 Å². The van der Waals surface area contributed by atoms with E-state index in [0.717, 1.165) is 0 Å². The van der Waals surface area contributed by atoms with Gasteiger partial charge < -0.3 is 0 Å². The summed E-state index contributed by atoms with van der Waals surface area (Å²) in [5, 5.41) is 10.8. The molecule has 0 bridgehead atoms. The van der Waals surface area contributed by atoms with Crippen LogP contribution in [0.3, 0.4) is 0 Å². The molecule has 0 amide bonds. The Morgan fingerprint density at radius 1 is 0.500 bits per heavy atom. The minimum atomic E-state index is 0. The number of hydrogen-bond donors (Lipinski definition) is 0. The third kappa shape index (κ3) is 3.79. The predicted molar refractivity (Wildman–Crippen MR) is 128 cm³/mol. The summed E-state index contributed by atoms with van der Waals surface area (Å²) in [6, 6.07) is 37.0. The Labute approximate surface area is 196 Å². The minimum Gasteiger partial charge on any atom is -0.126 e. The van der Waals surface area contributed by atoms with Crippen LogP contribution in [0.25, 0.3) is 43.1 Å². The summed E-state index contributed by atoms with van der Waals surface area (Å²) in [5.41, 5.74) is 1.42. The van der Waals surface area contributed by atoms with Crippen molar-refractivity contribution in [3.8, 4) is 0 Å². The number of benzene rings is 4. The van der Waals surface area contributed by atoms with Gasteiger partial charge in [0.1, 0.15) is 0 Å². The Hall–Kier alpha value is -2.51. The maximum Gasteiger partial charge on any atom is 0 e.